The summed E-state index contributed by atoms with van der Waals surface area (Å²) in [6.45, 7) is 4.92. The average Bonchev–Trinajstić information content (AvgIpc) is 2.29. The Morgan fingerprint density at radius 3 is 2.24 bits per heavy atom. The number of hydrogen-bond donors (Lipinski definition) is 1. The first-order valence-electron chi connectivity index (χ1n) is 6.79. The lowest BCUT2D eigenvalue weighted by Crippen LogP contribution is -2.46. The SMILES string of the molecule is CCC(CC)CNC1CCCCC1C(F)(F)F. The van der Waals surface area contributed by atoms with Gasteiger partial charge in [0.05, 0.1) is 5.92 Å². The molecule has 0 bridgehead atoms. The van der Waals surface area contributed by atoms with Gasteiger partial charge in [-0.2, -0.15) is 13.2 Å². The van der Waals surface area contributed by atoms with Gasteiger partial charge in [-0.1, -0.05) is 39.5 Å². The topological polar surface area (TPSA) is 12.0 Å². The van der Waals surface area contributed by atoms with Crippen molar-refractivity contribution in [3.8, 4) is 0 Å². The van der Waals surface area contributed by atoms with Crippen molar-refractivity contribution in [1.82, 2.24) is 5.32 Å². The fourth-order valence-electron chi connectivity index (χ4n) is 2.66. The summed E-state index contributed by atoms with van der Waals surface area (Å²) in [5.74, 6) is -0.628. The van der Waals surface area contributed by atoms with Crippen LogP contribution in [-0.4, -0.2) is 18.8 Å². The van der Waals surface area contributed by atoms with Gasteiger partial charge in [0.15, 0.2) is 0 Å². The maximum atomic E-state index is 12.8. The number of rotatable bonds is 5. The maximum absolute atomic E-state index is 12.8. The highest BCUT2D eigenvalue weighted by Gasteiger charge is 2.45. The van der Waals surface area contributed by atoms with E-state index in [1.165, 1.54) is 0 Å². The van der Waals surface area contributed by atoms with Crippen molar-refractivity contribution in [3.05, 3.63) is 0 Å². The van der Waals surface area contributed by atoms with Gasteiger partial charge in [-0.3, -0.25) is 0 Å². The zero-order valence-corrected chi connectivity index (χ0v) is 10.8. The highest BCUT2D eigenvalue weighted by Crippen LogP contribution is 2.37. The third-order valence-corrected chi connectivity index (χ3v) is 4.01. The molecule has 1 N–H and O–H groups in total. The number of alkyl halides is 3. The molecule has 1 nitrogen and oxygen atoms in total. The quantitative estimate of drug-likeness (QED) is 0.774. The molecule has 0 aromatic rings. The van der Waals surface area contributed by atoms with Gasteiger partial charge in [0.1, 0.15) is 0 Å². The molecule has 1 fully saturated rings. The molecule has 0 saturated heterocycles. The highest BCUT2D eigenvalue weighted by atomic mass is 19.4. The van der Waals surface area contributed by atoms with E-state index >= 15 is 0 Å². The monoisotopic (exact) mass is 251 g/mol. The molecule has 1 rings (SSSR count). The number of nitrogens with one attached hydrogen (secondary N) is 1. The van der Waals surface area contributed by atoms with Crippen molar-refractivity contribution in [2.24, 2.45) is 11.8 Å². The molecule has 1 aliphatic carbocycles. The minimum atomic E-state index is -4.04. The molecular weight excluding hydrogens is 227 g/mol. The van der Waals surface area contributed by atoms with Gasteiger partial charge in [-0.05, 0) is 25.3 Å². The Hall–Kier alpha value is -0.250. The largest absolute Gasteiger partial charge is 0.393 e. The van der Waals surface area contributed by atoms with E-state index in [1.807, 2.05) is 0 Å². The summed E-state index contributed by atoms with van der Waals surface area (Å²) < 4.78 is 38.5. The van der Waals surface area contributed by atoms with E-state index < -0.39 is 12.1 Å². The van der Waals surface area contributed by atoms with Crippen LogP contribution in [-0.2, 0) is 0 Å². The molecule has 1 saturated carbocycles. The van der Waals surface area contributed by atoms with Crippen LogP contribution in [0.25, 0.3) is 0 Å². The van der Waals surface area contributed by atoms with Crippen LogP contribution in [0.1, 0.15) is 52.4 Å². The molecule has 0 aromatic heterocycles. The summed E-state index contributed by atoms with van der Waals surface area (Å²) in [4.78, 5) is 0. The Morgan fingerprint density at radius 2 is 1.71 bits per heavy atom. The van der Waals surface area contributed by atoms with Gasteiger partial charge < -0.3 is 5.32 Å². The Kier molecular flexibility index (Phi) is 5.77. The summed E-state index contributed by atoms with van der Waals surface area (Å²) in [6, 6.07) is -0.357. The number of halogens is 3. The molecule has 0 heterocycles. The lowest BCUT2D eigenvalue weighted by molar-refractivity contribution is -0.189. The van der Waals surface area contributed by atoms with Crippen LogP contribution in [0.3, 0.4) is 0 Å². The van der Waals surface area contributed by atoms with Crippen LogP contribution in [0.5, 0.6) is 0 Å². The van der Waals surface area contributed by atoms with Crippen LogP contribution >= 0.6 is 0 Å². The minimum absolute atomic E-state index is 0.296. The van der Waals surface area contributed by atoms with Crippen LogP contribution in [0.2, 0.25) is 0 Å². The van der Waals surface area contributed by atoms with E-state index in [2.05, 4.69) is 19.2 Å². The maximum Gasteiger partial charge on any atom is 0.393 e. The predicted molar refractivity (Wildman–Crippen MR) is 63.9 cm³/mol. The van der Waals surface area contributed by atoms with E-state index in [-0.39, 0.29) is 6.04 Å². The van der Waals surface area contributed by atoms with Crippen LogP contribution in [0.15, 0.2) is 0 Å². The molecule has 0 amide bonds. The van der Waals surface area contributed by atoms with Crippen molar-refractivity contribution < 1.29 is 13.2 Å². The fraction of sp³-hybridized carbons (Fsp3) is 1.00. The summed E-state index contributed by atoms with van der Waals surface area (Å²) in [5.41, 5.74) is 0. The molecule has 0 aromatic carbocycles. The average molecular weight is 251 g/mol. The van der Waals surface area contributed by atoms with E-state index in [0.717, 1.165) is 25.8 Å². The third kappa shape index (κ3) is 4.49. The first-order chi connectivity index (χ1) is 7.99. The minimum Gasteiger partial charge on any atom is -0.313 e. The molecule has 17 heavy (non-hydrogen) atoms. The zero-order chi connectivity index (χ0) is 12.9. The van der Waals surface area contributed by atoms with E-state index in [0.29, 0.717) is 25.2 Å². The summed E-state index contributed by atoms with van der Waals surface area (Å²) in [6.07, 6.45) is 0.640. The molecule has 102 valence electrons. The Balaban J connectivity index is 2.48. The molecule has 2 unspecified atom stereocenters. The van der Waals surface area contributed by atoms with Gasteiger partial charge >= 0.3 is 6.18 Å². The van der Waals surface area contributed by atoms with Gasteiger partial charge in [0.25, 0.3) is 0 Å². The van der Waals surface area contributed by atoms with Crippen LogP contribution in [0.4, 0.5) is 13.2 Å². The van der Waals surface area contributed by atoms with Gasteiger partial charge in [0, 0.05) is 6.04 Å². The molecule has 0 radical (unpaired) electrons. The molecule has 1 aliphatic rings. The fourth-order valence-corrected chi connectivity index (χ4v) is 2.66. The lowest BCUT2D eigenvalue weighted by Gasteiger charge is -2.34. The van der Waals surface area contributed by atoms with Crippen molar-refractivity contribution in [3.63, 3.8) is 0 Å². The smallest absolute Gasteiger partial charge is 0.313 e. The third-order valence-electron chi connectivity index (χ3n) is 4.01. The molecule has 4 heteroatoms. The number of hydrogen-bond acceptors (Lipinski definition) is 1. The second kappa shape index (κ2) is 6.62. The zero-order valence-electron chi connectivity index (χ0n) is 10.8. The Labute approximate surface area is 102 Å². The van der Waals surface area contributed by atoms with Gasteiger partial charge in [-0.25, -0.2) is 0 Å². The standard InChI is InChI=1S/C13H24F3N/c1-3-10(4-2)9-17-12-8-6-5-7-11(12)13(14,15)16/h10-12,17H,3-9H2,1-2H3. The van der Waals surface area contributed by atoms with Gasteiger partial charge in [0.2, 0.25) is 0 Å². The highest BCUT2D eigenvalue weighted by molar-refractivity contribution is 4.85. The first-order valence-corrected chi connectivity index (χ1v) is 6.79. The normalized spacial score (nSPS) is 26.5. The second-order valence-electron chi connectivity index (χ2n) is 5.13. The van der Waals surface area contributed by atoms with Crippen molar-refractivity contribution in [1.29, 1.82) is 0 Å². The Bertz CT molecular complexity index is 211. The predicted octanol–water partition coefficient (Wildman–Crippen LogP) is 4.13. The molecule has 0 spiro atoms. The van der Waals surface area contributed by atoms with E-state index in [9.17, 15) is 13.2 Å². The van der Waals surface area contributed by atoms with Crippen molar-refractivity contribution in [2.75, 3.05) is 6.54 Å². The lowest BCUT2D eigenvalue weighted by atomic mass is 9.83. The summed E-state index contributed by atoms with van der Waals surface area (Å²) >= 11 is 0. The Morgan fingerprint density at radius 1 is 1.12 bits per heavy atom. The molecular formula is C13H24F3N. The summed E-state index contributed by atoms with van der Waals surface area (Å²) in [5, 5.41) is 3.16. The van der Waals surface area contributed by atoms with Crippen molar-refractivity contribution >= 4 is 0 Å². The summed E-state index contributed by atoms with van der Waals surface area (Å²) in [7, 11) is 0. The van der Waals surface area contributed by atoms with Crippen molar-refractivity contribution in [2.45, 2.75) is 64.6 Å². The first kappa shape index (κ1) is 14.8. The second-order valence-corrected chi connectivity index (χ2v) is 5.13. The molecule has 0 aliphatic heterocycles. The van der Waals surface area contributed by atoms with Gasteiger partial charge in [-0.15, -0.1) is 0 Å². The molecule has 2 atom stereocenters. The van der Waals surface area contributed by atoms with Crippen LogP contribution in [0, 0.1) is 11.8 Å². The van der Waals surface area contributed by atoms with E-state index in [1.54, 1.807) is 0 Å². The van der Waals surface area contributed by atoms with Crippen LogP contribution < -0.4 is 5.32 Å². The van der Waals surface area contributed by atoms with E-state index in [4.69, 9.17) is 0 Å².